The zero-order valence-corrected chi connectivity index (χ0v) is 19.4. The normalized spacial score (nSPS) is 12.7. The van der Waals surface area contributed by atoms with E-state index in [2.05, 4.69) is 5.32 Å². The second-order valence-electron chi connectivity index (χ2n) is 7.59. The molecule has 8 nitrogen and oxygen atoms in total. The number of rotatable bonds is 7. The molecule has 1 heterocycles. The van der Waals surface area contributed by atoms with Crippen molar-refractivity contribution in [2.45, 2.75) is 6.54 Å². The van der Waals surface area contributed by atoms with E-state index in [-0.39, 0.29) is 12.2 Å². The fourth-order valence-electron chi connectivity index (χ4n) is 3.53. The van der Waals surface area contributed by atoms with Crippen LogP contribution in [0, 0.1) is 5.82 Å². The number of amides is 1. The highest BCUT2D eigenvalue weighted by atomic mass is 32.2. The number of carbonyl (C=O) groups excluding carboxylic acids is 1. The summed E-state index contributed by atoms with van der Waals surface area (Å²) in [7, 11) is -2.26. The van der Waals surface area contributed by atoms with Crippen LogP contribution in [0.5, 0.6) is 17.2 Å². The van der Waals surface area contributed by atoms with E-state index in [9.17, 15) is 17.6 Å². The first-order chi connectivity index (χ1) is 16.2. The summed E-state index contributed by atoms with van der Waals surface area (Å²) >= 11 is 0. The smallest absolute Gasteiger partial charge is 0.255 e. The molecule has 1 aliphatic heterocycles. The Morgan fingerprint density at radius 2 is 1.74 bits per heavy atom. The molecule has 0 saturated heterocycles. The fraction of sp³-hybridized carbons (Fsp3) is 0.208. The van der Waals surface area contributed by atoms with Gasteiger partial charge in [-0.3, -0.25) is 9.10 Å². The molecule has 1 aliphatic rings. The summed E-state index contributed by atoms with van der Waals surface area (Å²) in [6, 6.07) is 15.0. The second kappa shape index (κ2) is 9.60. The largest absolute Gasteiger partial charge is 0.496 e. The van der Waals surface area contributed by atoms with Crippen molar-refractivity contribution in [1.82, 2.24) is 0 Å². The molecule has 34 heavy (non-hydrogen) atoms. The van der Waals surface area contributed by atoms with Gasteiger partial charge in [0.05, 0.1) is 25.6 Å². The number of fused-ring (bicyclic) bond motifs is 1. The third kappa shape index (κ3) is 5.23. The van der Waals surface area contributed by atoms with Crippen molar-refractivity contribution in [3.8, 4) is 17.2 Å². The second-order valence-corrected chi connectivity index (χ2v) is 9.49. The number of anilines is 2. The van der Waals surface area contributed by atoms with Gasteiger partial charge in [-0.25, -0.2) is 12.8 Å². The highest BCUT2D eigenvalue weighted by Crippen LogP contribution is 2.33. The zero-order valence-electron chi connectivity index (χ0n) is 18.6. The molecule has 0 radical (unpaired) electrons. The maximum Gasteiger partial charge on any atom is 0.255 e. The van der Waals surface area contributed by atoms with E-state index in [1.807, 2.05) is 0 Å². The average Bonchev–Trinajstić information content (AvgIpc) is 2.82. The van der Waals surface area contributed by atoms with Gasteiger partial charge < -0.3 is 19.5 Å². The van der Waals surface area contributed by atoms with Crippen molar-refractivity contribution in [3.63, 3.8) is 0 Å². The SMILES string of the molecule is COc1ccc(C(=O)Nc2ccc3c(c2)OCCO3)cc1CN(c1ccc(F)cc1)S(C)(=O)=O. The first-order valence-electron chi connectivity index (χ1n) is 10.4. The summed E-state index contributed by atoms with van der Waals surface area (Å²) in [5, 5.41) is 2.81. The summed E-state index contributed by atoms with van der Waals surface area (Å²) in [4.78, 5) is 12.9. The van der Waals surface area contributed by atoms with Crippen molar-refractivity contribution in [2.24, 2.45) is 0 Å². The lowest BCUT2D eigenvalue weighted by Crippen LogP contribution is -2.29. The molecule has 0 unspecified atom stereocenters. The predicted molar refractivity (Wildman–Crippen MR) is 126 cm³/mol. The monoisotopic (exact) mass is 486 g/mol. The number of carbonyl (C=O) groups is 1. The van der Waals surface area contributed by atoms with E-state index >= 15 is 0 Å². The fourth-order valence-corrected chi connectivity index (χ4v) is 4.41. The lowest BCUT2D eigenvalue weighted by Gasteiger charge is -2.24. The topological polar surface area (TPSA) is 94.2 Å². The molecular weight excluding hydrogens is 463 g/mol. The predicted octanol–water partition coefficient (Wildman–Crippen LogP) is 3.82. The molecule has 3 aromatic carbocycles. The standard InChI is InChI=1S/C24H23FN2O6S/c1-31-21-9-3-16(24(28)26-19-6-10-22-23(14-19)33-12-11-32-22)13-17(21)15-27(34(2,29)30)20-7-4-18(25)5-8-20/h3-10,13-14H,11-12,15H2,1-2H3,(H,26,28). The van der Waals surface area contributed by atoms with E-state index in [4.69, 9.17) is 14.2 Å². The lowest BCUT2D eigenvalue weighted by molar-refractivity contribution is 0.102. The van der Waals surface area contributed by atoms with Gasteiger partial charge in [-0.05, 0) is 54.6 Å². The average molecular weight is 487 g/mol. The molecule has 0 aliphatic carbocycles. The molecule has 3 aromatic rings. The van der Waals surface area contributed by atoms with E-state index in [0.29, 0.717) is 47.3 Å². The molecular formula is C24H23FN2O6S. The first-order valence-corrected chi connectivity index (χ1v) is 12.2. The number of nitrogens with one attached hydrogen (secondary N) is 1. The Hall–Kier alpha value is -3.79. The van der Waals surface area contributed by atoms with Gasteiger partial charge in [-0.1, -0.05) is 0 Å². The van der Waals surface area contributed by atoms with Crippen molar-refractivity contribution in [3.05, 3.63) is 77.6 Å². The van der Waals surface area contributed by atoms with Crippen molar-refractivity contribution < 1.29 is 31.8 Å². The lowest BCUT2D eigenvalue weighted by atomic mass is 10.1. The van der Waals surface area contributed by atoms with E-state index in [0.717, 1.165) is 10.6 Å². The number of benzene rings is 3. The van der Waals surface area contributed by atoms with Crippen LogP contribution in [0.4, 0.5) is 15.8 Å². The molecule has 0 spiro atoms. The van der Waals surface area contributed by atoms with Gasteiger partial charge in [0.1, 0.15) is 24.8 Å². The van der Waals surface area contributed by atoms with E-state index in [1.54, 1.807) is 36.4 Å². The van der Waals surface area contributed by atoms with Crippen molar-refractivity contribution >= 4 is 27.3 Å². The highest BCUT2D eigenvalue weighted by molar-refractivity contribution is 7.92. The maximum absolute atomic E-state index is 13.4. The van der Waals surface area contributed by atoms with Crippen LogP contribution >= 0.6 is 0 Å². The van der Waals surface area contributed by atoms with Gasteiger partial charge in [-0.15, -0.1) is 0 Å². The summed E-state index contributed by atoms with van der Waals surface area (Å²) in [6.45, 7) is 0.783. The van der Waals surface area contributed by atoms with E-state index < -0.39 is 21.7 Å². The number of nitrogens with zero attached hydrogens (tertiary/aromatic N) is 1. The maximum atomic E-state index is 13.4. The van der Waals surface area contributed by atoms with Gasteiger partial charge in [0.15, 0.2) is 11.5 Å². The Balaban J connectivity index is 1.60. The van der Waals surface area contributed by atoms with Gasteiger partial charge in [0, 0.05) is 22.9 Å². The Morgan fingerprint density at radius 1 is 1.03 bits per heavy atom. The molecule has 1 N–H and O–H groups in total. The van der Waals surface area contributed by atoms with Crippen LogP contribution in [-0.4, -0.2) is 40.9 Å². The molecule has 0 fully saturated rings. The molecule has 0 bridgehead atoms. The highest BCUT2D eigenvalue weighted by Gasteiger charge is 2.21. The van der Waals surface area contributed by atoms with Gasteiger partial charge in [-0.2, -0.15) is 0 Å². The van der Waals surface area contributed by atoms with Crippen LogP contribution < -0.4 is 23.8 Å². The molecule has 0 atom stereocenters. The minimum atomic E-state index is -3.72. The molecule has 1 amide bonds. The molecule has 0 aromatic heterocycles. The number of sulfonamides is 1. The molecule has 10 heteroatoms. The number of ether oxygens (including phenoxy) is 3. The first kappa shape index (κ1) is 23.4. The number of hydrogen-bond donors (Lipinski definition) is 1. The zero-order chi connectivity index (χ0) is 24.3. The van der Waals surface area contributed by atoms with Crippen molar-refractivity contribution in [1.29, 1.82) is 0 Å². The van der Waals surface area contributed by atoms with Gasteiger partial charge in [0.25, 0.3) is 5.91 Å². The van der Waals surface area contributed by atoms with Crippen LogP contribution in [0.2, 0.25) is 0 Å². The Bertz CT molecular complexity index is 1310. The van der Waals surface area contributed by atoms with Crippen LogP contribution in [0.25, 0.3) is 0 Å². The van der Waals surface area contributed by atoms with Gasteiger partial charge in [0.2, 0.25) is 10.0 Å². The Labute approximate surface area is 196 Å². The minimum Gasteiger partial charge on any atom is -0.496 e. The van der Waals surface area contributed by atoms with Crippen LogP contribution in [0.3, 0.4) is 0 Å². The molecule has 4 rings (SSSR count). The number of halogens is 1. The third-order valence-corrected chi connectivity index (χ3v) is 6.31. The molecule has 0 saturated carbocycles. The van der Waals surface area contributed by atoms with Crippen molar-refractivity contribution in [2.75, 3.05) is 36.2 Å². The molecule has 178 valence electrons. The summed E-state index contributed by atoms with van der Waals surface area (Å²) in [5.74, 6) is 0.688. The van der Waals surface area contributed by atoms with Crippen LogP contribution in [0.1, 0.15) is 15.9 Å². The van der Waals surface area contributed by atoms with E-state index in [1.165, 1.54) is 31.4 Å². The quantitative estimate of drug-likeness (QED) is 0.546. The number of methoxy groups -OCH3 is 1. The Morgan fingerprint density at radius 3 is 2.41 bits per heavy atom. The summed E-state index contributed by atoms with van der Waals surface area (Å²) in [6.07, 6.45) is 1.06. The van der Waals surface area contributed by atoms with Gasteiger partial charge >= 0.3 is 0 Å². The minimum absolute atomic E-state index is 0.112. The Kier molecular flexibility index (Phi) is 6.60. The number of hydrogen-bond acceptors (Lipinski definition) is 6. The summed E-state index contributed by atoms with van der Waals surface area (Å²) in [5.41, 5.74) is 1.58. The van der Waals surface area contributed by atoms with Crippen LogP contribution in [-0.2, 0) is 16.6 Å². The van der Waals surface area contributed by atoms with Crippen LogP contribution in [0.15, 0.2) is 60.7 Å². The third-order valence-electron chi connectivity index (χ3n) is 5.17. The summed E-state index contributed by atoms with van der Waals surface area (Å²) < 4.78 is 55.9.